The highest BCUT2D eigenvalue weighted by Gasteiger charge is 2.42. The summed E-state index contributed by atoms with van der Waals surface area (Å²) in [6.07, 6.45) is 11.0. The van der Waals surface area contributed by atoms with Crippen molar-refractivity contribution in [3.8, 4) is 11.4 Å². The molecule has 0 spiro atoms. The minimum atomic E-state index is -0.149. The number of aromatic nitrogens is 2. The van der Waals surface area contributed by atoms with Gasteiger partial charge < -0.3 is 14.8 Å². The molecule has 6 nitrogen and oxygen atoms in total. The van der Waals surface area contributed by atoms with Crippen molar-refractivity contribution in [2.45, 2.75) is 82.8 Å². The average molecular weight is 435 g/mol. The van der Waals surface area contributed by atoms with Crippen LogP contribution in [0.25, 0.3) is 11.4 Å². The van der Waals surface area contributed by atoms with Crippen LogP contribution in [-0.2, 0) is 17.8 Å². The van der Waals surface area contributed by atoms with Crippen molar-refractivity contribution in [1.29, 1.82) is 0 Å². The van der Waals surface area contributed by atoms with E-state index in [9.17, 15) is 9.59 Å². The van der Waals surface area contributed by atoms with Crippen molar-refractivity contribution < 1.29 is 9.59 Å². The second kappa shape index (κ2) is 9.08. The third-order valence-corrected chi connectivity index (χ3v) is 7.77. The molecule has 2 atom stereocenters. The molecule has 2 amide bonds. The first-order valence-electron chi connectivity index (χ1n) is 12.3. The van der Waals surface area contributed by atoms with Crippen LogP contribution in [0.15, 0.2) is 30.3 Å². The van der Waals surface area contributed by atoms with Crippen LogP contribution in [0.3, 0.4) is 0 Å². The van der Waals surface area contributed by atoms with Crippen molar-refractivity contribution in [1.82, 2.24) is 19.8 Å². The zero-order valence-corrected chi connectivity index (χ0v) is 19.1. The van der Waals surface area contributed by atoms with Gasteiger partial charge in [-0.05, 0) is 25.2 Å². The highest BCUT2D eigenvalue weighted by molar-refractivity contribution is 5.94. The third-order valence-electron chi connectivity index (χ3n) is 7.77. The highest BCUT2D eigenvalue weighted by atomic mass is 16.2. The average Bonchev–Trinajstić information content (AvgIpc) is 3.34. The summed E-state index contributed by atoms with van der Waals surface area (Å²) in [5.41, 5.74) is 2.49. The second-order valence-corrected chi connectivity index (χ2v) is 9.72. The van der Waals surface area contributed by atoms with E-state index in [2.05, 4.69) is 14.8 Å². The number of carbonyl (C=O) groups is 2. The summed E-state index contributed by atoms with van der Waals surface area (Å²) in [6.45, 7) is 0.717. The molecule has 1 aliphatic carbocycles. The largest absolute Gasteiger partial charge is 0.354 e. The predicted molar refractivity (Wildman–Crippen MR) is 124 cm³/mol. The fraction of sp³-hybridized carbons (Fsp3) is 0.577. The normalized spacial score (nSPS) is 23.0. The molecular formula is C26H34N4O2. The predicted octanol–water partition coefficient (Wildman–Crippen LogP) is 4.19. The number of hydrogen-bond acceptors (Lipinski definition) is 3. The Morgan fingerprint density at radius 1 is 1.03 bits per heavy atom. The Kier molecular flexibility index (Phi) is 6.03. The van der Waals surface area contributed by atoms with Gasteiger partial charge in [0.15, 0.2) is 0 Å². The van der Waals surface area contributed by atoms with E-state index in [1.54, 1.807) is 7.05 Å². The van der Waals surface area contributed by atoms with Crippen LogP contribution in [0.1, 0.15) is 74.0 Å². The summed E-state index contributed by atoms with van der Waals surface area (Å²) in [6, 6.07) is 10.4. The number of carbonyl (C=O) groups excluding carboxylic acids is 2. The van der Waals surface area contributed by atoms with Gasteiger partial charge in [-0.2, -0.15) is 0 Å². The lowest BCUT2D eigenvalue weighted by molar-refractivity contribution is -0.134. The first kappa shape index (κ1) is 21.2. The van der Waals surface area contributed by atoms with E-state index in [0.717, 1.165) is 48.8 Å². The Morgan fingerprint density at radius 3 is 2.53 bits per heavy atom. The molecule has 1 saturated heterocycles. The molecule has 0 radical (unpaired) electrons. The summed E-state index contributed by atoms with van der Waals surface area (Å²) in [5, 5.41) is 2.76. The lowest BCUT2D eigenvalue weighted by Gasteiger charge is -2.29. The van der Waals surface area contributed by atoms with Crippen molar-refractivity contribution in [2.75, 3.05) is 7.05 Å². The molecular weight excluding hydrogens is 400 g/mol. The van der Waals surface area contributed by atoms with Crippen LogP contribution in [0.4, 0.5) is 0 Å². The topological polar surface area (TPSA) is 67.2 Å². The number of imidazole rings is 1. The number of hydrogen-bond donors (Lipinski definition) is 1. The quantitative estimate of drug-likeness (QED) is 0.767. The maximum atomic E-state index is 13.4. The maximum Gasteiger partial charge on any atom is 0.271 e. The standard InChI is InChI=1S/C26H34N4O2/c1-27-26(32)24-22-16-20-13-14-21(17-29(22)25(28-24)19-10-6-3-7-11-19)30(20)23(31)15-12-18-8-4-2-5-9-18/h3,6-7,10-11,18,20-21H,2,4-5,8-9,12-17H2,1H3,(H,27,32)/t20-,21+/m0/s1. The molecule has 2 fully saturated rings. The van der Waals surface area contributed by atoms with Gasteiger partial charge in [-0.1, -0.05) is 62.4 Å². The molecule has 5 rings (SSSR count). The summed E-state index contributed by atoms with van der Waals surface area (Å²) in [4.78, 5) is 33.0. The summed E-state index contributed by atoms with van der Waals surface area (Å²) in [7, 11) is 1.65. The van der Waals surface area contributed by atoms with Gasteiger partial charge in [0.2, 0.25) is 5.91 Å². The summed E-state index contributed by atoms with van der Waals surface area (Å²) < 4.78 is 2.21. The van der Waals surface area contributed by atoms with Crippen LogP contribution in [0.2, 0.25) is 0 Å². The maximum absolute atomic E-state index is 13.4. The Morgan fingerprint density at radius 2 is 1.78 bits per heavy atom. The van der Waals surface area contributed by atoms with Gasteiger partial charge in [-0.15, -0.1) is 0 Å². The highest BCUT2D eigenvalue weighted by Crippen LogP contribution is 2.36. The molecule has 3 heterocycles. The van der Waals surface area contributed by atoms with Crippen LogP contribution in [0.5, 0.6) is 0 Å². The van der Waals surface area contributed by atoms with Gasteiger partial charge in [0, 0.05) is 38.0 Å². The molecule has 2 bridgehead atoms. The first-order chi connectivity index (χ1) is 15.7. The molecule has 1 N–H and O–H groups in total. The smallest absolute Gasteiger partial charge is 0.271 e. The van der Waals surface area contributed by atoms with Gasteiger partial charge in [0.1, 0.15) is 11.5 Å². The number of nitrogens with one attached hydrogen (secondary N) is 1. The fourth-order valence-electron chi connectivity index (χ4n) is 6.11. The molecule has 3 aliphatic rings. The van der Waals surface area contributed by atoms with Crippen molar-refractivity contribution in [3.05, 3.63) is 41.7 Å². The molecule has 1 aromatic heterocycles. The zero-order valence-electron chi connectivity index (χ0n) is 19.1. The molecule has 170 valence electrons. The second-order valence-electron chi connectivity index (χ2n) is 9.72. The van der Waals surface area contributed by atoms with E-state index in [0.29, 0.717) is 24.4 Å². The molecule has 32 heavy (non-hydrogen) atoms. The van der Waals surface area contributed by atoms with Crippen molar-refractivity contribution >= 4 is 11.8 Å². The molecule has 1 aromatic carbocycles. The van der Waals surface area contributed by atoms with Crippen LogP contribution >= 0.6 is 0 Å². The molecule has 2 aliphatic heterocycles. The molecule has 0 unspecified atom stereocenters. The van der Waals surface area contributed by atoms with Crippen LogP contribution in [-0.4, -0.2) is 45.4 Å². The molecule has 1 saturated carbocycles. The van der Waals surface area contributed by atoms with E-state index in [1.165, 1.54) is 32.1 Å². The van der Waals surface area contributed by atoms with Gasteiger partial charge in [-0.3, -0.25) is 9.59 Å². The van der Waals surface area contributed by atoms with E-state index in [4.69, 9.17) is 4.98 Å². The molecule has 2 aromatic rings. The molecule has 6 heteroatoms. The van der Waals surface area contributed by atoms with Gasteiger partial charge in [-0.25, -0.2) is 4.98 Å². The summed E-state index contributed by atoms with van der Waals surface area (Å²) in [5.74, 6) is 1.72. The van der Waals surface area contributed by atoms with E-state index in [1.807, 2.05) is 30.3 Å². The number of fused-ring (bicyclic) bond motifs is 3. The lowest BCUT2D eigenvalue weighted by atomic mass is 9.86. The Labute approximate surface area is 190 Å². The lowest BCUT2D eigenvalue weighted by Crippen LogP contribution is -2.42. The van der Waals surface area contributed by atoms with Gasteiger partial charge >= 0.3 is 0 Å². The van der Waals surface area contributed by atoms with E-state index in [-0.39, 0.29) is 18.0 Å². The minimum Gasteiger partial charge on any atom is -0.354 e. The number of nitrogens with zero attached hydrogens (tertiary/aromatic N) is 3. The first-order valence-corrected chi connectivity index (χ1v) is 12.3. The monoisotopic (exact) mass is 434 g/mol. The summed E-state index contributed by atoms with van der Waals surface area (Å²) >= 11 is 0. The van der Waals surface area contributed by atoms with Crippen molar-refractivity contribution in [2.24, 2.45) is 5.92 Å². The SMILES string of the molecule is CNC(=O)c1nc(-c2ccccc2)n2c1C[C@@H]1CC[C@H](C2)N1C(=O)CCC1CCCCC1. The third kappa shape index (κ3) is 3.96. The van der Waals surface area contributed by atoms with Gasteiger partial charge in [0.05, 0.1) is 11.7 Å². The number of rotatable bonds is 5. The Balaban J connectivity index is 1.41. The fourth-order valence-corrected chi connectivity index (χ4v) is 6.11. The zero-order chi connectivity index (χ0) is 22.1. The van der Waals surface area contributed by atoms with E-state index >= 15 is 0 Å². The Bertz CT molecular complexity index is 977. The minimum absolute atomic E-state index is 0.149. The van der Waals surface area contributed by atoms with Gasteiger partial charge in [0.25, 0.3) is 5.91 Å². The number of amides is 2. The van der Waals surface area contributed by atoms with Crippen LogP contribution < -0.4 is 5.32 Å². The Hall–Kier alpha value is -2.63. The van der Waals surface area contributed by atoms with E-state index < -0.39 is 0 Å². The van der Waals surface area contributed by atoms with Crippen LogP contribution in [0, 0.1) is 5.92 Å². The number of benzene rings is 1. The van der Waals surface area contributed by atoms with Crippen molar-refractivity contribution in [3.63, 3.8) is 0 Å².